The Bertz CT molecular complexity index is 316. The van der Waals surface area contributed by atoms with Crippen LogP contribution in [0.25, 0.3) is 0 Å². The van der Waals surface area contributed by atoms with Crippen LogP contribution in [0.4, 0.5) is 0 Å². The van der Waals surface area contributed by atoms with E-state index < -0.39 is 0 Å². The standard InChI is InChI=1S/C15H26N2O2/c1-3-5-7-15(8-6-4-2,13-16-9-11-18-13)14-17-10-12-19-14/h3-12H2,1-2H3. The Kier molecular flexibility index (Phi) is 5.23. The molecule has 4 nitrogen and oxygen atoms in total. The molecule has 0 radical (unpaired) electrons. The smallest absolute Gasteiger partial charge is 0.199 e. The van der Waals surface area contributed by atoms with Gasteiger partial charge in [-0.15, -0.1) is 0 Å². The fourth-order valence-corrected chi connectivity index (χ4v) is 2.85. The summed E-state index contributed by atoms with van der Waals surface area (Å²) in [6.45, 7) is 7.43. The van der Waals surface area contributed by atoms with E-state index in [0.717, 1.165) is 50.6 Å². The van der Waals surface area contributed by atoms with Crippen LogP contribution in [0.5, 0.6) is 0 Å². The van der Waals surface area contributed by atoms with Gasteiger partial charge in [-0.25, -0.2) is 0 Å². The van der Waals surface area contributed by atoms with Gasteiger partial charge in [0.25, 0.3) is 0 Å². The molecule has 19 heavy (non-hydrogen) atoms. The van der Waals surface area contributed by atoms with Crippen molar-refractivity contribution in [1.29, 1.82) is 0 Å². The van der Waals surface area contributed by atoms with Gasteiger partial charge in [-0.3, -0.25) is 9.98 Å². The lowest BCUT2D eigenvalue weighted by molar-refractivity contribution is 0.245. The van der Waals surface area contributed by atoms with Crippen LogP contribution in [-0.2, 0) is 9.47 Å². The first kappa shape index (κ1) is 14.4. The van der Waals surface area contributed by atoms with E-state index in [1.54, 1.807) is 0 Å². The van der Waals surface area contributed by atoms with E-state index in [0.29, 0.717) is 13.2 Å². The molecule has 2 heterocycles. The molecule has 2 rings (SSSR count). The minimum absolute atomic E-state index is 0.182. The molecule has 4 heteroatoms. The van der Waals surface area contributed by atoms with Gasteiger partial charge >= 0.3 is 0 Å². The van der Waals surface area contributed by atoms with E-state index >= 15 is 0 Å². The Morgan fingerprint density at radius 1 is 0.895 bits per heavy atom. The van der Waals surface area contributed by atoms with E-state index in [1.165, 1.54) is 12.8 Å². The summed E-state index contributed by atoms with van der Waals surface area (Å²) in [5, 5.41) is 0. The van der Waals surface area contributed by atoms with Crippen molar-refractivity contribution in [2.45, 2.75) is 52.4 Å². The number of hydrogen-bond donors (Lipinski definition) is 0. The predicted octanol–water partition coefficient (Wildman–Crippen LogP) is 3.21. The number of hydrogen-bond acceptors (Lipinski definition) is 4. The fourth-order valence-electron chi connectivity index (χ4n) is 2.85. The van der Waals surface area contributed by atoms with Gasteiger partial charge in [0.1, 0.15) is 18.6 Å². The van der Waals surface area contributed by atoms with Crippen LogP contribution in [-0.4, -0.2) is 38.1 Å². The van der Waals surface area contributed by atoms with E-state index in [2.05, 4.69) is 23.8 Å². The van der Waals surface area contributed by atoms with Gasteiger partial charge in [-0.2, -0.15) is 0 Å². The van der Waals surface area contributed by atoms with Crippen molar-refractivity contribution in [3.8, 4) is 0 Å². The molecule has 0 amide bonds. The lowest BCUT2D eigenvalue weighted by Crippen LogP contribution is -2.40. The topological polar surface area (TPSA) is 43.2 Å². The second kappa shape index (κ2) is 6.92. The molecule has 0 aromatic carbocycles. The van der Waals surface area contributed by atoms with Crippen LogP contribution in [0.2, 0.25) is 0 Å². The number of aliphatic imine (C=N–C) groups is 2. The largest absolute Gasteiger partial charge is 0.478 e. The molecule has 0 spiro atoms. The molecule has 0 atom stereocenters. The maximum absolute atomic E-state index is 5.81. The molecule has 108 valence electrons. The summed E-state index contributed by atoms with van der Waals surface area (Å²) in [4.78, 5) is 9.18. The molecular weight excluding hydrogens is 240 g/mol. The van der Waals surface area contributed by atoms with Crippen molar-refractivity contribution in [3.05, 3.63) is 0 Å². The molecule has 0 saturated heterocycles. The van der Waals surface area contributed by atoms with Gasteiger partial charge in [0.05, 0.1) is 13.1 Å². The van der Waals surface area contributed by atoms with Crippen LogP contribution >= 0.6 is 0 Å². The van der Waals surface area contributed by atoms with E-state index in [1.807, 2.05) is 0 Å². The fraction of sp³-hybridized carbons (Fsp3) is 0.867. The van der Waals surface area contributed by atoms with Crippen molar-refractivity contribution in [1.82, 2.24) is 0 Å². The van der Waals surface area contributed by atoms with Crippen molar-refractivity contribution in [2.75, 3.05) is 26.3 Å². The Morgan fingerprint density at radius 2 is 1.37 bits per heavy atom. The minimum atomic E-state index is -0.182. The number of rotatable bonds is 8. The summed E-state index contributed by atoms with van der Waals surface area (Å²) in [6.07, 6.45) is 6.76. The summed E-state index contributed by atoms with van der Waals surface area (Å²) < 4.78 is 11.6. The van der Waals surface area contributed by atoms with Crippen LogP contribution in [0.1, 0.15) is 52.4 Å². The Balaban J connectivity index is 2.25. The Labute approximate surface area is 116 Å². The van der Waals surface area contributed by atoms with Crippen LogP contribution in [0, 0.1) is 5.41 Å². The highest BCUT2D eigenvalue weighted by Crippen LogP contribution is 2.38. The zero-order valence-corrected chi connectivity index (χ0v) is 12.3. The highest BCUT2D eigenvalue weighted by molar-refractivity contribution is 6.06. The zero-order chi connectivity index (χ0) is 13.6. The normalized spacial score (nSPS) is 18.8. The van der Waals surface area contributed by atoms with Crippen molar-refractivity contribution in [2.24, 2.45) is 15.4 Å². The summed E-state index contributed by atoms with van der Waals surface area (Å²) in [5.41, 5.74) is -0.182. The van der Waals surface area contributed by atoms with Crippen LogP contribution < -0.4 is 0 Å². The van der Waals surface area contributed by atoms with E-state index in [-0.39, 0.29) is 5.41 Å². The number of nitrogens with zero attached hydrogens (tertiary/aromatic N) is 2. The molecule has 0 aliphatic carbocycles. The molecule has 0 aromatic heterocycles. The third-order valence-corrected chi connectivity index (χ3v) is 3.90. The van der Waals surface area contributed by atoms with Gasteiger partial charge in [0.2, 0.25) is 0 Å². The van der Waals surface area contributed by atoms with Crippen LogP contribution in [0.3, 0.4) is 0 Å². The van der Waals surface area contributed by atoms with Gasteiger partial charge in [-0.05, 0) is 12.8 Å². The second-order valence-electron chi connectivity index (χ2n) is 5.36. The summed E-state index contributed by atoms with van der Waals surface area (Å²) in [6, 6.07) is 0. The molecule has 0 unspecified atom stereocenters. The molecule has 0 N–H and O–H groups in total. The highest BCUT2D eigenvalue weighted by Gasteiger charge is 2.45. The third-order valence-electron chi connectivity index (χ3n) is 3.90. The SMILES string of the molecule is CCCCC(CCCC)(C1=NCCO1)C1=NCCO1. The van der Waals surface area contributed by atoms with Gasteiger partial charge in [-0.1, -0.05) is 39.5 Å². The van der Waals surface area contributed by atoms with Gasteiger partial charge in [0.15, 0.2) is 11.8 Å². The predicted molar refractivity (Wildman–Crippen MR) is 78.0 cm³/mol. The van der Waals surface area contributed by atoms with Gasteiger partial charge in [0, 0.05) is 0 Å². The number of unbranched alkanes of at least 4 members (excludes halogenated alkanes) is 2. The maximum atomic E-state index is 5.81. The first-order valence-corrected chi connectivity index (χ1v) is 7.69. The summed E-state index contributed by atoms with van der Waals surface area (Å²) in [5.74, 6) is 1.77. The molecule has 0 fully saturated rings. The molecular formula is C15H26N2O2. The number of ether oxygens (including phenoxy) is 2. The van der Waals surface area contributed by atoms with E-state index in [9.17, 15) is 0 Å². The Hall–Kier alpha value is -1.06. The molecule has 2 aliphatic rings. The summed E-state index contributed by atoms with van der Waals surface area (Å²) >= 11 is 0. The lowest BCUT2D eigenvalue weighted by Gasteiger charge is -2.32. The first-order valence-electron chi connectivity index (χ1n) is 7.69. The third kappa shape index (κ3) is 3.10. The molecule has 0 bridgehead atoms. The average Bonchev–Trinajstić information content (AvgIpc) is 3.12. The average molecular weight is 266 g/mol. The zero-order valence-electron chi connectivity index (χ0n) is 12.3. The quantitative estimate of drug-likeness (QED) is 0.677. The Morgan fingerprint density at radius 3 is 1.68 bits per heavy atom. The van der Waals surface area contributed by atoms with Crippen LogP contribution in [0.15, 0.2) is 9.98 Å². The maximum Gasteiger partial charge on any atom is 0.199 e. The monoisotopic (exact) mass is 266 g/mol. The lowest BCUT2D eigenvalue weighted by atomic mass is 9.77. The molecule has 0 saturated carbocycles. The van der Waals surface area contributed by atoms with Crippen molar-refractivity contribution < 1.29 is 9.47 Å². The minimum Gasteiger partial charge on any atom is -0.478 e. The van der Waals surface area contributed by atoms with Gasteiger partial charge < -0.3 is 9.47 Å². The van der Waals surface area contributed by atoms with Crippen molar-refractivity contribution >= 4 is 11.8 Å². The first-order chi connectivity index (χ1) is 9.33. The highest BCUT2D eigenvalue weighted by atomic mass is 16.5. The molecule has 0 aromatic rings. The van der Waals surface area contributed by atoms with E-state index in [4.69, 9.17) is 9.47 Å². The molecule has 2 aliphatic heterocycles. The summed E-state index contributed by atoms with van der Waals surface area (Å²) in [7, 11) is 0. The van der Waals surface area contributed by atoms with Crippen molar-refractivity contribution in [3.63, 3.8) is 0 Å². The second-order valence-corrected chi connectivity index (χ2v) is 5.36.